The maximum Gasteiger partial charge on any atom is 0.338 e. The molecule has 0 unspecified atom stereocenters. The van der Waals surface area contributed by atoms with Crippen LogP contribution in [0.2, 0.25) is 0 Å². The highest BCUT2D eigenvalue weighted by Crippen LogP contribution is 2.49. The number of fused-ring (bicyclic) bond motifs is 7. The fraction of sp³-hybridized carbons (Fsp3) is 0.0189. The van der Waals surface area contributed by atoms with Gasteiger partial charge in [-0.05, 0) is 158 Å². The molecule has 0 fully saturated rings. The van der Waals surface area contributed by atoms with E-state index in [4.69, 9.17) is 39.4 Å². The predicted octanol–water partition coefficient (Wildman–Crippen LogP) is 23.0. The highest BCUT2D eigenvalue weighted by molar-refractivity contribution is 7.00. The van der Waals surface area contributed by atoms with Gasteiger partial charge in [-0.2, -0.15) is 0 Å². The molecule has 120 heavy (non-hydrogen) atoms. The molecule has 16 aromatic carbocycles. The van der Waals surface area contributed by atoms with Gasteiger partial charge in [0.05, 0.1) is 27.8 Å². The van der Waals surface area contributed by atoms with Gasteiger partial charge < -0.3 is 23.8 Å². The standard InChI is InChI=1S/C106H70BN9O4/c117-105(119-67-69-27-9-1-10-28-69)81-49-57-89-94(63-81)114(84-53-45-73(46-54-84)71-31-13-3-14-32-71)96-65-83(66-97-98(96)107(89)90-58-50-82(106(118)120-68-70-29-11-2-12-30-70)64-95(90)115(97)85-55-47-74(48-56-85)72-33-15-4-16-34-72)79-51-59-92-87(61-79)86-43-25-26-44-91(86)116(92)93-60-52-80(103-110-99(75-35-17-5-18-36-75)108-100(111-103)76-37-19-6-20-38-76)62-88(93)104-112-101(77-39-21-7-22-40-77)109-102(113-104)78-41-23-8-24-42-78/h1-66H,67-68H2. The van der Waals surface area contributed by atoms with Gasteiger partial charge in [-0.25, -0.2) is 39.5 Å². The number of esters is 2. The first-order valence-electron chi connectivity index (χ1n) is 40.0. The number of anilines is 6. The van der Waals surface area contributed by atoms with Crippen LogP contribution in [0.3, 0.4) is 0 Å². The second kappa shape index (κ2) is 30.9. The first-order chi connectivity index (χ1) is 59.3. The topological polar surface area (TPSA) is 141 Å². The molecule has 0 atom stereocenters. The summed E-state index contributed by atoms with van der Waals surface area (Å²) in [4.78, 5) is 66.0. The summed E-state index contributed by atoms with van der Waals surface area (Å²) < 4.78 is 14.7. The number of aromatic nitrogens is 7. The van der Waals surface area contributed by atoms with E-state index in [0.29, 0.717) is 51.6 Å². The molecule has 0 bridgehead atoms. The fourth-order valence-corrected chi connectivity index (χ4v) is 16.8. The van der Waals surface area contributed by atoms with Gasteiger partial charge >= 0.3 is 11.9 Å². The lowest BCUT2D eigenvalue weighted by Crippen LogP contribution is -2.61. The van der Waals surface area contributed by atoms with Crippen molar-refractivity contribution < 1.29 is 19.1 Å². The SMILES string of the molecule is O=C(OCc1ccccc1)c1ccc2c(c1)N(c1ccc(-c3ccccc3)cc1)c1cc(-c3ccc4c(c3)c3ccccc3n4-c3ccc(-c4nc(-c5ccccc5)nc(-c5ccccc5)n4)cc3-c3nc(-c4ccccc4)nc(-c4ccccc4)n3)cc3c1B2c1ccc(C(=O)OCc2ccccc2)cc1N3c1ccc(-c2ccccc2)cc1. The van der Waals surface area contributed by atoms with Crippen molar-refractivity contribution in [2.45, 2.75) is 13.2 Å². The minimum absolute atomic E-state index is 0.0976. The van der Waals surface area contributed by atoms with Crippen LogP contribution in [0.25, 0.3) is 129 Å². The smallest absolute Gasteiger partial charge is 0.338 e. The zero-order valence-corrected chi connectivity index (χ0v) is 64.8. The summed E-state index contributed by atoms with van der Waals surface area (Å²) in [6.45, 7) is -0.238. The molecule has 0 N–H and O–H groups in total. The Hall–Kier alpha value is -16.1. The number of rotatable bonds is 18. The van der Waals surface area contributed by atoms with Gasteiger partial charge in [0, 0.05) is 78.3 Å². The number of hydrogen-bond donors (Lipinski definition) is 0. The van der Waals surface area contributed by atoms with Crippen LogP contribution in [0.4, 0.5) is 34.1 Å². The Kier molecular flexibility index (Phi) is 18.5. The highest BCUT2D eigenvalue weighted by atomic mass is 16.5. The Bertz CT molecular complexity index is 6790. The molecule has 3 aromatic heterocycles. The van der Waals surface area contributed by atoms with Crippen molar-refractivity contribution in [1.82, 2.24) is 34.5 Å². The van der Waals surface area contributed by atoms with Crippen molar-refractivity contribution in [3.05, 3.63) is 423 Å². The van der Waals surface area contributed by atoms with Crippen molar-refractivity contribution in [3.8, 4) is 107 Å². The van der Waals surface area contributed by atoms with E-state index in [0.717, 1.165) is 150 Å². The van der Waals surface area contributed by atoms with Gasteiger partial charge in [-0.3, -0.25) is 0 Å². The number of carbonyl (C=O) groups excluding carboxylic acids is 2. The van der Waals surface area contributed by atoms with Gasteiger partial charge in [0.1, 0.15) is 13.2 Å². The Labute approximate surface area is 693 Å². The molecular formula is C106H70BN9O4. The summed E-state index contributed by atoms with van der Waals surface area (Å²) in [7, 11) is 0. The molecule has 0 saturated heterocycles. The van der Waals surface area contributed by atoms with Crippen molar-refractivity contribution >= 4 is 91.0 Å². The summed E-state index contributed by atoms with van der Waals surface area (Å²) >= 11 is 0. The quantitative estimate of drug-likeness (QED) is 0.0596. The molecule has 13 nitrogen and oxygen atoms in total. The molecule has 566 valence electrons. The average molecular weight is 1540 g/mol. The Morgan fingerprint density at radius 3 is 1.04 bits per heavy atom. The Morgan fingerprint density at radius 1 is 0.258 bits per heavy atom. The molecule has 0 radical (unpaired) electrons. The maximum absolute atomic E-state index is 14.8. The molecule has 0 amide bonds. The molecule has 21 rings (SSSR count). The van der Waals surface area contributed by atoms with Crippen LogP contribution < -0.4 is 26.2 Å². The normalized spacial score (nSPS) is 11.9. The van der Waals surface area contributed by atoms with Gasteiger partial charge in [0.2, 0.25) is 0 Å². The van der Waals surface area contributed by atoms with Crippen molar-refractivity contribution in [3.63, 3.8) is 0 Å². The number of ether oxygens (including phenoxy) is 2. The first-order valence-corrected chi connectivity index (χ1v) is 40.0. The van der Waals surface area contributed by atoms with E-state index in [9.17, 15) is 9.59 Å². The van der Waals surface area contributed by atoms with Gasteiger partial charge in [0.15, 0.2) is 34.9 Å². The summed E-state index contributed by atoms with van der Waals surface area (Å²) in [6, 6.07) is 136. The van der Waals surface area contributed by atoms with E-state index in [1.807, 2.05) is 218 Å². The van der Waals surface area contributed by atoms with Crippen molar-refractivity contribution in [2.24, 2.45) is 0 Å². The fourth-order valence-electron chi connectivity index (χ4n) is 16.8. The summed E-state index contributed by atoms with van der Waals surface area (Å²) in [5.74, 6) is 2.09. The molecule has 14 heteroatoms. The van der Waals surface area contributed by atoms with Gasteiger partial charge in [-0.15, -0.1) is 0 Å². The summed E-state index contributed by atoms with van der Waals surface area (Å²) in [6.07, 6.45) is 0. The highest BCUT2D eigenvalue weighted by Gasteiger charge is 2.45. The lowest BCUT2D eigenvalue weighted by molar-refractivity contribution is 0.0464. The summed E-state index contributed by atoms with van der Waals surface area (Å²) in [5, 5.41) is 1.99. The van der Waals surface area contributed by atoms with Crippen LogP contribution in [0.15, 0.2) is 400 Å². The zero-order valence-electron chi connectivity index (χ0n) is 64.8. The third kappa shape index (κ3) is 13.5. The van der Waals surface area contributed by atoms with Crippen molar-refractivity contribution in [2.75, 3.05) is 9.80 Å². The molecule has 0 aliphatic carbocycles. The lowest BCUT2D eigenvalue weighted by atomic mass is 9.33. The van der Waals surface area contributed by atoms with E-state index < -0.39 is 18.7 Å². The van der Waals surface area contributed by atoms with Crippen LogP contribution in [0, 0.1) is 0 Å². The van der Waals surface area contributed by atoms with E-state index in [1.54, 1.807) is 0 Å². The molecule has 0 saturated carbocycles. The van der Waals surface area contributed by atoms with E-state index in [-0.39, 0.29) is 13.2 Å². The van der Waals surface area contributed by atoms with Crippen LogP contribution in [-0.2, 0) is 22.7 Å². The van der Waals surface area contributed by atoms with E-state index in [2.05, 4.69) is 196 Å². The molecule has 2 aliphatic rings. The third-order valence-corrected chi connectivity index (χ3v) is 22.6. The van der Waals surface area contributed by atoms with Crippen LogP contribution >= 0.6 is 0 Å². The number of benzene rings is 16. The third-order valence-electron chi connectivity index (χ3n) is 22.6. The number of para-hydroxylation sites is 1. The zero-order chi connectivity index (χ0) is 80.0. The van der Waals surface area contributed by atoms with E-state index in [1.165, 1.54) is 0 Å². The minimum Gasteiger partial charge on any atom is -0.457 e. The van der Waals surface area contributed by atoms with Crippen LogP contribution in [0.5, 0.6) is 0 Å². The minimum atomic E-state index is -0.454. The maximum atomic E-state index is 14.8. The molecular weight excluding hydrogens is 1470 g/mol. The molecule has 2 aliphatic heterocycles. The molecule has 5 heterocycles. The number of hydrogen-bond acceptors (Lipinski definition) is 12. The van der Waals surface area contributed by atoms with Crippen LogP contribution in [-0.4, -0.2) is 53.1 Å². The summed E-state index contributed by atoms with van der Waals surface area (Å²) in [5.41, 5.74) is 24.2. The largest absolute Gasteiger partial charge is 0.457 e. The number of carbonyl (C=O) groups is 2. The monoisotopic (exact) mass is 1540 g/mol. The van der Waals surface area contributed by atoms with Crippen LogP contribution in [0.1, 0.15) is 31.8 Å². The molecule has 0 spiro atoms. The second-order valence-corrected chi connectivity index (χ2v) is 29.9. The first kappa shape index (κ1) is 71.7. The lowest BCUT2D eigenvalue weighted by Gasteiger charge is -2.44. The van der Waals surface area contributed by atoms with E-state index >= 15 is 0 Å². The van der Waals surface area contributed by atoms with Gasteiger partial charge in [0.25, 0.3) is 6.71 Å². The Morgan fingerprint density at radius 2 is 0.608 bits per heavy atom. The second-order valence-electron chi connectivity index (χ2n) is 29.9. The Balaban J connectivity index is 0.793. The number of nitrogens with zero attached hydrogens (tertiary/aromatic N) is 9. The molecule has 19 aromatic rings. The van der Waals surface area contributed by atoms with Crippen molar-refractivity contribution in [1.29, 1.82) is 0 Å². The predicted molar refractivity (Wildman–Crippen MR) is 482 cm³/mol. The van der Waals surface area contributed by atoms with Gasteiger partial charge in [-0.1, -0.05) is 303 Å². The average Bonchev–Trinajstić information content (AvgIpc) is 0.979.